The number of amides is 2. The summed E-state index contributed by atoms with van der Waals surface area (Å²) in [7, 11) is 0. The quantitative estimate of drug-likeness (QED) is 0.824. The topological polar surface area (TPSA) is 42.6 Å². The molecule has 0 saturated carbocycles. The predicted octanol–water partition coefficient (Wildman–Crippen LogP) is 3.79. The maximum absolute atomic E-state index is 12.6. The Kier molecular flexibility index (Phi) is 5.21. The highest BCUT2D eigenvalue weighted by atomic mass is 32.2. The molecule has 0 bridgehead atoms. The van der Waals surface area contributed by atoms with Crippen LogP contribution in [0, 0.1) is 0 Å². The molecule has 1 aromatic rings. The van der Waals surface area contributed by atoms with E-state index in [1.807, 2.05) is 30.8 Å². The predicted molar refractivity (Wildman–Crippen MR) is 90.4 cm³/mol. The lowest BCUT2D eigenvalue weighted by Crippen LogP contribution is -2.45. The van der Waals surface area contributed by atoms with Crippen LogP contribution in [0.5, 0.6) is 0 Å². The normalized spacial score (nSPS) is 21.4. The van der Waals surface area contributed by atoms with Crippen molar-refractivity contribution < 1.29 is 18.0 Å². The molecular formula is C16H21F3N4OS. The number of halogens is 3. The number of urea groups is 1. The summed E-state index contributed by atoms with van der Waals surface area (Å²) in [6, 6.07) is 1.81. The molecule has 5 nitrogen and oxygen atoms in total. The zero-order chi connectivity index (χ0) is 18.0. The van der Waals surface area contributed by atoms with Gasteiger partial charge in [0.05, 0.1) is 0 Å². The third kappa shape index (κ3) is 4.26. The summed E-state index contributed by atoms with van der Waals surface area (Å²) in [4.78, 5) is 21.0. The van der Waals surface area contributed by atoms with Gasteiger partial charge in [0.2, 0.25) is 0 Å². The van der Waals surface area contributed by atoms with Crippen molar-refractivity contribution in [1.82, 2.24) is 19.7 Å². The summed E-state index contributed by atoms with van der Waals surface area (Å²) in [6.45, 7) is 3.84. The third-order valence-electron chi connectivity index (χ3n) is 4.38. The lowest BCUT2D eigenvalue weighted by Gasteiger charge is -2.33. The van der Waals surface area contributed by atoms with Crippen LogP contribution in [0.4, 0.5) is 18.0 Å². The molecule has 3 rings (SSSR count). The van der Waals surface area contributed by atoms with E-state index in [0.29, 0.717) is 19.6 Å². The lowest BCUT2D eigenvalue weighted by molar-refractivity contribution is -0.135. The monoisotopic (exact) mass is 374 g/mol. The molecule has 1 N–H and O–H groups in total. The van der Waals surface area contributed by atoms with Gasteiger partial charge >= 0.3 is 12.2 Å². The number of thioether (sulfide) groups is 1. The van der Waals surface area contributed by atoms with Crippen LogP contribution < -0.4 is 0 Å². The highest BCUT2D eigenvalue weighted by Crippen LogP contribution is 2.36. The second-order valence-corrected chi connectivity index (χ2v) is 7.18. The van der Waals surface area contributed by atoms with E-state index < -0.39 is 12.6 Å². The van der Waals surface area contributed by atoms with Crippen molar-refractivity contribution in [3.8, 4) is 0 Å². The average Bonchev–Trinajstić information content (AvgIpc) is 3.24. The average molecular weight is 374 g/mol. The number of hydrogen-bond donors (Lipinski definition) is 1. The lowest BCUT2D eigenvalue weighted by atomic mass is 10.3. The van der Waals surface area contributed by atoms with Gasteiger partial charge in [-0.15, -0.1) is 0 Å². The van der Waals surface area contributed by atoms with Crippen LogP contribution in [0.15, 0.2) is 29.6 Å². The highest BCUT2D eigenvalue weighted by Gasteiger charge is 2.39. The first-order valence-electron chi connectivity index (χ1n) is 8.18. The number of carbonyl (C=O) groups excluding carboxylic acids is 1. The van der Waals surface area contributed by atoms with E-state index in [2.05, 4.69) is 9.88 Å². The molecule has 0 radical (unpaired) electrons. The van der Waals surface area contributed by atoms with E-state index in [9.17, 15) is 18.0 Å². The molecule has 2 amide bonds. The molecule has 1 saturated heterocycles. The van der Waals surface area contributed by atoms with Crippen molar-refractivity contribution in [1.29, 1.82) is 0 Å². The zero-order valence-corrected chi connectivity index (χ0v) is 14.7. The van der Waals surface area contributed by atoms with Crippen molar-refractivity contribution in [3.05, 3.63) is 35.1 Å². The molecule has 0 aliphatic carbocycles. The highest BCUT2D eigenvalue weighted by molar-refractivity contribution is 8.02. The number of aromatic amines is 1. The van der Waals surface area contributed by atoms with Crippen molar-refractivity contribution in [2.45, 2.75) is 38.0 Å². The molecule has 2 aliphatic rings. The number of carbonyl (C=O) groups is 1. The molecule has 1 fully saturated rings. The number of aromatic nitrogens is 1. The van der Waals surface area contributed by atoms with E-state index in [0.717, 1.165) is 11.3 Å². The van der Waals surface area contributed by atoms with E-state index in [-0.39, 0.29) is 24.5 Å². The number of alkyl halides is 3. The number of allylic oxidation sites excluding steroid dienone is 1. The van der Waals surface area contributed by atoms with E-state index in [1.54, 1.807) is 16.7 Å². The molecule has 3 heterocycles. The van der Waals surface area contributed by atoms with E-state index >= 15 is 0 Å². The molecule has 0 aromatic carbocycles. The van der Waals surface area contributed by atoms with E-state index in [1.165, 1.54) is 4.90 Å². The van der Waals surface area contributed by atoms with Crippen molar-refractivity contribution in [2.24, 2.45) is 0 Å². The van der Waals surface area contributed by atoms with Gasteiger partial charge in [0.15, 0.2) is 5.50 Å². The van der Waals surface area contributed by atoms with Gasteiger partial charge in [-0.05, 0) is 30.4 Å². The number of rotatable bonds is 6. The van der Waals surface area contributed by atoms with E-state index in [4.69, 9.17) is 0 Å². The Morgan fingerprint density at radius 2 is 2.16 bits per heavy atom. The fourth-order valence-corrected chi connectivity index (χ4v) is 4.24. The van der Waals surface area contributed by atoms with Gasteiger partial charge < -0.3 is 14.8 Å². The fraction of sp³-hybridized carbons (Fsp3) is 0.562. The maximum atomic E-state index is 12.6. The minimum atomic E-state index is -4.17. The summed E-state index contributed by atoms with van der Waals surface area (Å²) in [5, 5.41) is 2.02. The first-order valence-corrected chi connectivity index (χ1v) is 9.12. The maximum Gasteiger partial charge on any atom is 0.389 e. The standard InChI is InChI=1S/C16H21F3N4OS/c1-12-11-25-15(23(12)10-13-3-5-20-9-13)22-8-7-21(14(22)24)6-2-4-16(17,18)19/h3,5,9,11,15,20H,2,4,6-8,10H2,1H3. The van der Waals surface area contributed by atoms with Gasteiger partial charge in [-0.1, -0.05) is 11.8 Å². The molecule has 138 valence electrons. The Hall–Kier alpha value is -1.77. The molecule has 1 aromatic heterocycles. The Morgan fingerprint density at radius 3 is 2.84 bits per heavy atom. The van der Waals surface area contributed by atoms with Gasteiger partial charge in [-0.25, -0.2) is 4.79 Å². The van der Waals surface area contributed by atoms with Gasteiger partial charge in [0.1, 0.15) is 0 Å². The summed E-state index contributed by atoms with van der Waals surface area (Å²) in [5.74, 6) is 0. The summed E-state index contributed by atoms with van der Waals surface area (Å²) >= 11 is 1.56. The first kappa shape index (κ1) is 18.0. The van der Waals surface area contributed by atoms with Crippen LogP contribution in [-0.4, -0.2) is 57.0 Å². The fourth-order valence-electron chi connectivity index (χ4n) is 3.06. The largest absolute Gasteiger partial charge is 0.389 e. The molecule has 1 atom stereocenters. The molecule has 2 aliphatic heterocycles. The molecule has 1 unspecified atom stereocenters. The van der Waals surface area contributed by atoms with Crippen molar-refractivity contribution in [3.63, 3.8) is 0 Å². The number of nitrogens with one attached hydrogen (secondary N) is 1. The Morgan fingerprint density at radius 1 is 1.36 bits per heavy atom. The van der Waals surface area contributed by atoms with Crippen LogP contribution >= 0.6 is 11.8 Å². The van der Waals surface area contributed by atoms with Gasteiger partial charge in [0.25, 0.3) is 0 Å². The van der Waals surface area contributed by atoms with Crippen molar-refractivity contribution in [2.75, 3.05) is 19.6 Å². The second-order valence-electron chi connectivity index (χ2n) is 6.25. The molecule has 25 heavy (non-hydrogen) atoms. The minimum Gasteiger partial charge on any atom is -0.367 e. The summed E-state index contributed by atoms with van der Waals surface area (Å²) in [6.07, 6.45) is -1.29. The van der Waals surface area contributed by atoms with Crippen LogP contribution in [0.25, 0.3) is 0 Å². The zero-order valence-electron chi connectivity index (χ0n) is 13.9. The Balaban J connectivity index is 1.59. The van der Waals surface area contributed by atoms with Crippen LogP contribution in [0.3, 0.4) is 0 Å². The van der Waals surface area contributed by atoms with Crippen LogP contribution in [0.1, 0.15) is 25.3 Å². The first-order chi connectivity index (χ1) is 11.8. The minimum absolute atomic E-state index is 0.0504. The van der Waals surface area contributed by atoms with Gasteiger partial charge in [-0.2, -0.15) is 13.2 Å². The summed E-state index contributed by atoms with van der Waals surface area (Å²) in [5.41, 5.74) is 2.06. The smallest absolute Gasteiger partial charge is 0.367 e. The Labute approximate surface area is 148 Å². The van der Waals surface area contributed by atoms with Crippen molar-refractivity contribution >= 4 is 17.8 Å². The molecule has 9 heteroatoms. The SMILES string of the molecule is CC1=CSC(N2CCN(CCCC(F)(F)F)C2=O)N1Cc1cc[nH]c1. The summed E-state index contributed by atoms with van der Waals surface area (Å²) < 4.78 is 36.9. The van der Waals surface area contributed by atoms with Crippen LogP contribution in [0.2, 0.25) is 0 Å². The number of nitrogens with zero attached hydrogens (tertiary/aromatic N) is 3. The Bertz CT molecular complexity index is 632. The second kappa shape index (κ2) is 7.23. The molecular weight excluding hydrogens is 353 g/mol. The van der Waals surface area contributed by atoms with Crippen LogP contribution in [-0.2, 0) is 6.54 Å². The number of hydrogen-bond acceptors (Lipinski definition) is 3. The van der Waals surface area contributed by atoms with Gasteiger partial charge in [0, 0.05) is 50.7 Å². The number of H-pyrrole nitrogens is 1. The third-order valence-corrected chi connectivity index (χ3v) is 5.61. The molecule has 0 spiro atoms. The van der Waals surface area contributed by atoms with Gasteiger partial charge in [-0.3, -0.25) is 4.90 Å².